The first kappa shape index (κ1) is 40.0. The lowest BCUT2D eigenvalue weighted by Gasteiger charge is -2.32. The molecule has 0 fully saturated rings. The number of esters is 2. The molecule has 1 unspecified atom stereocenters. The summed E-state index contributed by atoms with van der Waals surface area (Å²) in [6.07, 6.45) is -0.248. The topological polar surface area (TPSA) is 206 Å². The quantitative estimate of drug-likeness (QED) is 0.0550. The van der Waals surface area contributed by atoms with Crippen molar-refractivity contribution in [2.45, 2.75) is 109 Å². The lowest BCUT2D eigenvalue weighted by molar-refractivity contribution is -0.163. The van der Waals surface area contributed by atoms with Crippen LogP contribution >= 0.6 is 0 Å². The number of benzene rings is 2. The Bertz CT molecular complexity index is 1370. The molecule has 0 aromatic heterocycles. The van der Waals surface area contributed by atoms with Crippen molar-refractivity contribution < 1.29 is 43.7 Å². The number of hydrogen-bond donors (Lipinski definition) is 6. The lowest BCUT2D eigenvalue weighted by atomic mass is 10.0. The number of aliphatic carboxylic acids is 1. The lowest BCUT2D eigenvalue weighted by Crippen LogP contribution is -2.65. The summed E-state index contributed by atoms with van der Waals surface area (Å²) in [6, 6.07) is 11.1. The van der Waals surface area contributed by atoms with E-state index in [0.29, 0.717) is 30.5 Å². The summed E-state index contributed by atoms with van der Waals surface area (Å²) in [6.45, 7) is 10.0. The highest BCUT2D eigenvalue weighted by atomic mass is 16.6. The van der Waals surface area contributed by atoms with Crippen molar-refractivity contribution in [1.82, 2.24) is 16.0 Å². The average Bonchev–Trinajstić information content (AvgIpc) is 2.99. The SMILES string of the molecule is CC(C)(C)OC(=O)C(=O)[C@H](CCCCN)NC(N[C@@H](Cc1ccccc1)C(=O)O)N[C@@H](Cc1ccc(O)cc1)C(=O)C(=O)OC(C)(C)C. The second-order valence-corrected chi connectivity index (χ2v) is 13.5. The summed E-state index contributed by atoms with van der Waals surface area (Å²) in [7, 11) is 0. The third-order valence-corrected chi connectivity index (χ3v) is 6.84. The Morgan fingerprint density at radius 1 is 0.688 bits per heavy atom. The molecule has 2 aromatic carbocycles. The van der Waals surface area contributed by atoms with Gasteiger partial charge in [0.15, 0.2) is 0 Å². The van der Waals surface area contributed by atoms with E-state index in [1.54, 1.807) is 84.0 Å². The van der Waals surface area contributed by atoms with Crippen LogP contribution in [0.15, 0.2) is 54.6 Å². The van der Waals surface area contributed by atoms with Gasteiger partial charge in [0.25, 0.3) is 11.6 Å². The normalized spacial score (nSPS) is 14.3. The zero-order valence-corrected chi connectivity index (χ0v) is 28.6. The van der Waals surface area contributed by atoms with E-state index in [-0.39, 0.29) is 25.0 Å². The van der Waals surface area contributed by atoms with Crippen LogP contribution in [0.1, 0.15) is 71.9 Å². The van der Waals surface area contributed by atoms with Gasteiger partial charge in [-0.05, 0) is 97.0 Å². The molecular formula is C35H50N4O9. The number of carboxylic acids is 1. The number of carboxylic acid groups (broad SMARTS) is 1. The largest absolute Gasteiger partial charge is 0.508 e. The van der Waals surface area contributed by atoms with Crippen LogP contribution in [0.3, 0.4) is 0 Å². The highest BCUT2D eigenvalue weighted by Crippen LogP contribution is 2.15. The van der Waals surface area contributed by atoms with Gasteiger partial charge in [-0.3, -0.25) is 30.3 Å². The predicted molar refractivity (Wildman–Crippen MR) is 179 cm³/mol. The molecular weight excluding hydrogens is 620 g/mol. The molecule has 0 aliphatic heterocycles. The van der Waals surface area contributed by atoms with Crippen LogP contribution in [0.25, 0.3) is 0 Å². The molecule has 4 atom stereocenters. The van der Waals surface area contributed by atoms with Crippen molar-refractivity contribution in [3.05, 3.63) is 65.7 Å². The molecule has 0 heterocycles. The Morgan fingerprint density at radius 3 is 1.65 bits per heavy atom. The van der Waals surface area contributed by atoms with Gasteiger partial charge in [0.2, 0.25) is 0 Å². The molecule has 13 nitrogen and oxygen atoms in total. The molecule has 0 saturated heterocycles. The van der Waals surface area contributed by atoms with E-state index in [0.717, 1.165) is 0 Å². The van der Waals surface area contributed by atoms with Crippen LogP contribution in [-0.2, 0) is 46.3 Å². The monoisotopic (exact) mass is 670 g/mol. The minimum atomic E-state index is -1.31. The number of nitrogens with one attached hydrogen (secondary N) is 3. The number of ether oxygens (including phenoxy) is 2. The molecule has 2 aromatic rings. The second kappa shape index (κ2) is 18.4. The standard InChI is InChI=1S/C35H50N4O9/c1-34(2,3)47-31(45)28(41)25(14-10-11-19-36)37-33(39-27(30(43)44)21-22-12-8-7-9-13-22)38-26(20-23-15-17-24(40)18-16-23)29(42)32(46)48-35(4,5)6/h7-9,12-13,15-18,25-27,33,37-40H,10-11,14,19-21,36H2,1-6H3,(H,43,44)/t25-,26-,27-,33?/m0/s1. The number of carbonyl (C=O) groups is 5. The van der Waals surface area contributed by atoms with E-state index in [2.05, 4.69) is 16.0 Å². The fourth-order valence-electron chi connectivity index (χ4n) is 4.63. The molecule has 264 valence electrons. The van der Waals surface area contributed by atoms with Crippen LogP contribution in [0.4, 0.5) is 0 Å². The van der Waals surface area contributed by atoms with Gasteiger partial charge in [-0.25, -0.2) is 9.59 Å². The van der Waals surface area contributed by atoms with E-state index in [1.807, 2.05) is 0 Å². The van der Waals surface area contributed by atoms with Gasteiger partial charge in [0.1, 0.15) is 29.3 Å². The maximum absolute atomic E-state index is 13.6. The molecule has 13 heteroatoms. The highest BCUT2D eigenvalue weighted by Gasteiger charge is 2.36. The highest BCUT2D eigenvalue weighted by molar-refractivity contribution is 6.36. The van der Waals surface area contributed by atoms with Gasteiger partial charge in [-0.1, -0.05) is 48.9 Å². The number of Topliss-reactive ketones (excluding diaryl/α,β-unsaturated/α-hetero) is 2. The Balaban J connectivity index is 2.56. The van der Waals surface area contributed by atoms with E-state index >= 15 is 0 Å². The molecule has 2 rings (SSSR count). The van der Waals surface area contributed by atoms with Crippen molar-refractivity contribution >= 4 is 29.5 Å². The summed E-state index contributed by atoms with van der Waals surface area (Å²) >= 11 is 0. The number of rotatable bonds is 19. The number of aromatic hydroxyl groups is 1. The molecule has 0 radical (unpaired) electrons. The van der Waals surface area contributed by atoms with E-state index in [1.165, 1.54) is 12.1 Å². The number of phenols is 1. The molecule has 0 spiro atoms. The smallest absolute Gasteiger partial charge is 0.376 e. The van der Waals surface area contributed by atoms with Crippen LogP contribution < -0.4 is 21.7 Å². The zero-order valence-electron chi connectivity index (χ0n) is 28.6. The third-order valence-electron chi connectivity index (χ3n) is 6.84. The van der Waals surface area contributed by atoms with Crippen LogP contribution in [-0.4, -0.2) is 81.8 Å². The van der Waals surface area contributed by atoms with Gasteiger partial charge in [0.05, 0.1) is 12.1 Å². The Morgan fingerprint density at radius 2 is 1.15 bits per heavy atom. The fourth-order valence-corrected chi connectivity index (χ4v) is 4.63. The molecule has 0 aliphatic carbocycles. The Labute approximate surface area is 281 Å². The van der Waals surface area contributed by atoms with Crippen LogP contribution in [0.5, 0.6) is 5.75 Å². The number of unbranched alkanes of at least 4 members (excludes halogenated alkanes) is 1. The van der Waals surface area contributed by atoms with Crippen LogP contribution in [0.2, 0.25) is 0 Å². The van der Waals surface area contributed by atoms with Crippen molar-refractivity contribution in [2.75, 3.05) is 6.54 Å². The summed E-state index contributed by atoms with van der Waals surface area (Å²) in [5.41, 5.74) is 5.00. The minimum Gasteiger partial charge on any atom is -0.508 e. The van der Waals surface area contributed by atoms with Gasteiger partial charge >= 0.3 is 17.9 Å². The first-order valence-corrected chi connectivity index (χ1v) is 16.0. The Hall–Kier alpha value is -4.17. The van der Waals surface area contributed by atoms with E-state index < -0.39 is 65.1 Å². The van der Waals surface area contributed by atoms with Crippen molar-refractivity contribution in [1.29, 1.82) is 0 Å². The molecule has 7 N–H and O–H groups in total. The number of phenolic OH excluding ortho intramolecular Hbond substituents is 1. The molecule has 0 bridgehead atoms. The second-order valence-electron chi connectivity index (χ2n) is 13.5. The molecule has 0 aliphatic rings. The first-order chi connectivity index (χ1) is 22.4. The summed E-state index contributed by atoms with van der Waals surface area (Å²) in [5, 5.41) is 28.9. The summed E-state index contributed by atoms with van der Waals surface area (Å²) in [5.74, 6) is -5.30. The number of carbonyl (C=O) groups excluding carboxylic acids is 4. The average molecular weight is 671 g/mol. The van der Waals surface area contributed by atoms with Crippen molar-refractivity contribution in [3.8, 4) is 5.75 Å². The number of hydrogen-bond acceptors (Lipinski definition) is 12. The first-order valence-electron chi connectivity index (χ1n) is 16.0. The third kappa shape index (κ3) is 14.7. The molecule has 48 heavy (non-hydrogen) atoms. The summed E-state index contributed by atoms with van der Waals surface area (Å²) in [4.78, 5) is 65.5. The summed E-state index contributed by atoms with van der Waals surface area (Å²) < 4.78 is 10.7. The molecule has 0 amide bonds. The van der Waals surface area contributed by atoms with E-state index in [4.69, 9.17) is 15.2 Å². The minimum absolute atomic E-state index is 0.00544. The number of nitrogens with two attached hydrogens (primary N) is 1. The maximum atomic E-state index is 13.6. The Kier molecular flexibility index (Phi) is 15.3. The fraction of sp³-hybridized carbons (Fsp3) is 0.514. The zero-order chi connectivity index (χ0) is 36.1. The van der Waals surface area contributed by atoms with Crippen LogP contribution in [0, 0.1) is 0 Å². The van der Waals surface area contributed by atoms with E-state index in [9.17, 15) is 34.2 Å². The van der Waals surface area contributed by atoms with Gasteiger partial charge in [-0.15, -0.1) is 0 Å². The van der Waals surface area contributed by atoms with Gasteiger partial charge in [-0.2, -0.15) is 0 Å². The predicted octanol–water partition coefficient (Wildman–Crippen LogP) is 2.37. The molecule has 0 saturated carbocycles. The number of ketones is 2. The van der Waals surface area contributed by atoms with Crippen molar-refractivity contribution in [3.63, 3.8) is 0 Å². The van der Waals surface area contributed by atoms with Gasteiger partial charge in [0, 0.05) is 0 Å². The van der Waals surface area contributed by atoms with Gasteiger partial charge < -0.3 is 25.4 Å². The van der Waals surface area contributed by atoms with Crippen molar-refractivity contribution in [2.24, 2.45) is 5.73 Å². The maximum Gasteiger partial charge on any atom is 0.376 e.